The van der Waals surface area contributed by atoms with Crippen molar-refractivity contribution in [2.24, 2.45) is 0 Å². The average molecular weight is 503 g/mol. The quantitative estimate of drug-likeness (QED) is 0.488. The zero-order chi connectivity index (χ0) is 22.4. The molecule has 0 unspecified atom stereocenters. The van der Waals surface area contributed by atoms with E-state index < -0.39 is 15.9 Å². The Morgan fingerprint density at radius 3 is 2.35 bits per heavy atom. The molecule has 0 fully saturated rings. The van der Waals surface area contributed by atoms with Gasteiger partial charge in [-0.15, -0.1) is 0 Å². The number of nitrogens with one attached hydrogen (secondary N) is 1. The molecule has 0 saturated carbocycles. The molecule has 6 nitrogen and oxygen atoms in total. The van der Waals surface area contributed by atoms with Crippen LogP contribution in [0, 0.1) is 6.92 Å². The number of nitrogens with zero attached hydrogens (tertiary/aromatic N) is 1. The predicted octanol–water partition coefficient (Wildman–Crippen LogP) is 4.60. The molecule has 0 radical (unpaired) electrons. The summed E-state index contributed by atoms with van der Waals surface area (Å²) in [5.41, 5.74) is 2.05. The highest BCUT2D eigenvalue weighted by molar-refractivity contribution is 9.10. The highest BCUT2D eigenvalue weighted by atomic mass is 79.9. The topological polar surface area (TPSA) is 75.7 Å². The molecule has 0 aliphatic carbocycles. The molecular weight excluding hydrogens is 480 g/mol. The number of anilines is 1. The van der Waals surface area contributed by atoms with Gasteiger partial charge in [0.25, 0.3) is 0 Å². The summed E-state index contributed by atoms with van der Waals surface area (Å²) in [7, 11) is -2.41. The van der Waals surface area contributed by atoms with Gasteiger partial charge in [0, 0.05) is 11.0 Å². The van der Waals surface area contributed by atoms with E-state index in [2.05, 4.69) is 21.2 Å². The number of methoxy groups -OCH3 is 1. The van der Waals surface area contributed by atoms with E-state index in [0.29, 0.717) is 21.5 Å². The number of rotatable bonds is 8. The van der Waals surface area contributed by atoms with Crippen LogP contribution in [-0.4, -0.2) is 32.3 Å². The molecule has 3 aromatic carbocycles. The van der Waals surface area contributed by atoms with Crippen molar-refractivity contribution in [2.45, 2.75) is 18.4 Å². The second-order valence-corrected chi connectivity index (χ2v) is 9.71. The van der Waals surface area contributed by atoms with E-state index in [1.54, 1.807) is 37.3 Å². The van der Waals surface area contributed by atoms with Crippen molar-refractivity contribution in [3.63, 3.8) is 0 Å². The van der Waals surface area contributed by atoms with E-state index >= 15 is 0 Å². The van der Waals surface area contributed by atoms with Crippen molar-refractivity contribution in [1.29, 1.82) is 0 Å². The molecular formula is C23H23BrN2O4S. The molecule has 0 spiro atoms. The fourth-order valence-corrected chi connectivity index (χ4v) is 4.94. The van der Waals surface area contributed by atoms with Gasteiger partial charge in [0.15, 0.2) is 0 Å². The van der Waals surface area contributed by atoms with Gasteiger partial charge in [-0.3, -0.25) is 4.79 Å². The smallest absolute Gasteiger partial charge is 0.243 e. The number of hydrogen-bond acceptors (Lipinski definition) is 4. The van der Waals surface area contributed by atoms with Gasteiger partial charge in [0.05, 0.1) is 24.2 Å². The van der Waals surface area contributed by atoms with Gasteiger partial charge in [0.1, 0.15) is 5.75 Å². The first kappa shape index (κ1) is 23.0. The lowest BCUT2D eigenvalue weighted by molar-refractivity contribution is -0.116. The Kier molecular flexibility index (Phi) is 7.48. The maximum Gasteiger partial charge on any atom is 0.243 e. The van der Waals surface area contributed by atoms with Crippen LogP contribution in [0.15, 0.2) is 82.2 Å². The van der Waals surface area contributed by atoms with Gasteiger partial charge in [-0.1, -0.05) is 42.5 Å². The van der Waals surface area contributed by atoms with Gasteiger partial charge in [-0.05, 0) is 64.3 Å². The summed E-state index contributed by atoms with van der Waals surface area (Å²) in [6.45, 7) is 1.51. The van der Waals surface area contributed by atoms with E-state index in [1.807, 2.05) is 36.4 Å². The maximum absolute atomic E-state index is 13.4. The van der Waals surface area contributed by atoms with Crippen molar-refractivity contribution in [3.05, 3.63) is 88.4 Å². The van der Waals surface area contributed by atoms with E-state index in [0.717, 1.165) is 5.56 Å². The first-order valence-corrected chi connectivity index (χ1v) is 11.8. The predicted molar refractivity (Wildman–Crippen MR) is 125 cm³/mol. The number of sulfonamides is 1. The van der Waals surface area contributed by atoms with Crippen LogP contribution in [0.5, 0.6) is 5.75 Å². The number of para-hydroxylation sites is 1. The van der Waals surface area contributed by atoms with E-state index in [9.17, 15) is 13.2 Å². The third-order valence-corrected chi connectivity index (χ3v) is 7.15. The highest BCUT2D eigenvalue weighted by Crippen LogP contribution is 2.25. The molecule has 0 saturated heterocycles. The minimum atomic E-state index is -3.94. The van der Waals surface area contributed by atoms with E-state index in [4.69, 9.17) is 4.74 Å². The van der Waals surface area contributed by atoms with Gasteiger partial charge in [0.2, 0.25) is 15.9 Å². The second kappa shape index (κ2) is 10.1. The van der Waals surface area contributed by atoms with Crippen molar-refractivity contribution in [1.82, 2.24) is 4.31 Å². The molecule has 8 heteroatoms. The zero-order valence-corrected chi connectivity index (χ0v) is 19.6. The summed E-state index contributed by atoms with van der Waals surface area (Å²) in [6.07, 6.45) is 0. The standard InChI is InChI=1S/C23H23BrN2O4S/c1-17-14-19(12-13-22(17)30-2)31(28,29)26(15-18-8-4-3-5-9-18)16-23(27)25-21-11-7-6-10-20(21)24/h3-14H,15-16H2,1-2H3,(H,25,27). The summed E-state index contributed by atoms with van der Waals surface area (Å²) in [5.74, 6) is 0.164. The lowest BCUT2D eigenvalue weighted by atomic mass is 10.2. The molecule has 3 aromatic rings. The van der Waals surface area contributed by atoms with Crippen LogP contribution < -0.4 is 10.1 Å². The number of halogens is 1. The van der Waals surface area contributed by atoms with E-state index in [1.165, 1.54) is 17.5 Å². The van der Waals surface area contributed by atoms with Gasteiger partial charge >= 0.3 is 0 Å². The molecule has 0 bridgehead atoms. The molecule has 1 N–H and O–H groups in total. The maximum atomic E-state index is 13.4. The number of ether oxygens (including phenoxy) is 1. The number of hydrogen-bond donors (Lipinski definition) is 1. The van der Waals surface area contributed by atoms with Crippen LogP contribution in [0.3, 0.4) is 0 Å². The fraction of sp³-hybridized carbons (Fsp3) is 0.174. The lowest BCUT2D eigenvalue weighted by Gasteiger charge is -2.22. The lowest BCUT2D eigenvalue weighted by Crippen LogP contribution is -2.37. The Labute approximate surface area is 191 Å². The molecule has 0 heterocycles. The summed E-state index contributed by atoms with van der Waals surface area (Å²) in [6, 6.07) is 21.0. The summed E-state index contributed by atoms with van der Waals surface area (Å²) < 4.78 is 34.0. The summed E-state index contributed by atoms with van der Waals surface area (Å²) in [4.78, 5) is 12.9. The fourth-order valence-electron chi connectivity index (χ4n) is 3.09. The Morgan fingerprint density at radius 1 is 1.03 bits per heavy atom. The Bertz CT molecular complexity index is 1170. The monoisotopic (exact) mass is 502 g/mol. The van der Waals surface area contributed by atoms with Crippen LogP contribution in [0.25, 0.3) is 0 Å². The van der Waals surface area contributed by atoms with Crippen LogP contribution in [0.1, 0.15) is 11.1 Å². The van der Waals surface area contributed by atoms with Crippen LogP contribution in [0.2, 0.25) is 0 Å². The molecule has 31 heavy (non-hydrogen) atoms. The van der Waals surface area contributed by atoms with Crippen molar-refractivity contribution in [3.8, 4) is 5.75 Å². The highest BCUT2D eigenvalue weighted by Gasteiger charge is 2.27. The number of aryl methyl sites for hydroxylation is 1. The minimum absolute atomic E-state index is 0.0671. The van der Waals surface area contributed by atoms with Crippen LogP contribution in [-0.2, 0) is 21.4 Å². The van der Waals surface area contributed by atoms with Crippen molar-refractivity contribution < 1.29 is 17.9 Å². The van der Waals surface area contributed by atoms with Crippen molar-refractivity contribution in [2.75, 3.05) is 19.0 Å². The van der Waals surface area contributed by atoms with Gasteiger partial charge in [-0.2, -0.15) is 4.31 Å². The molecule has 3 rings (SSSR count). The molecule has 0 aliphatic heterocycles. The van der Waals surface area contributed by atoms with Gasteiger partial charge < -0.3 is 10.1 Å². The number of benzene rings is 3. The second-order valence-electron chi connectivity index (χ2n) is 6.92. The van der Waals surface area contributed by atoms with Crippen molar-refractivity contribution >= 4 is 37.5 Å². The molecule has 162 valence electrons. The van der Waals surface area contributed by atoms with Crippen LogP contribution in [0.4, 0.5) is 5.69 Å². The summed E-state index contributed by atoms with van der Waals surface area (Å²) in [5, 5.41) is 2.77. The average Bonchev–Trinajstić information content (AvgIpc) is 2.75. The minimum Gasteiger partial charge on any atom is -0.496 e. The van der Waals surface area contributed by atoms with Crippen LogP contribution >= 0.6 is 15.9 Å². The SMILES string of the molecule is COc1ccc(S(=O)(=O)N(CC(=O)Nc2ccccc2Br)Cc2ccccc2)cc1C. The Morgan fingerprint density at radius 2 is 1.71 bits per heavy atom. The molecule has 0 aromatic heterocycles. The Balaban J connectivity index is 1.91. The third-order valence-electron chi connectivity index (χ3n) is 4.67. The number of amides is 1. The molecule has 1 amide bonds. The Hall–Kier alpha value is -2.68. The molecule has 0 atom stereocenters. The number of carbonyl (C=O) groups is 1. The first-order chi connectivity index (χ1) is 14.8. The zero-order valence-electron chi connectivity index (χ0n) is 17.2. The molecule has 0 aliphatic rings. The largest absolute Gasteiger partial charge is 0.496 e. The van der Waals surface area contributed by atoms with E-state index in [-0.39, 0.29) is 18.0 Å². The third kappa shape index (κ3) is 5.72. The summed E-state index contributed by atoms with van der Waals surface area (Å²) >= 11 is 3.38. The first-order valence-electron chi connectivity index (χ1n) is 9.54. The van der Waals surface area contributed by atoms with Gasteiger partial charge in [-0.25, -0.2) is 8.42 Å². The number of carbonyl (C=O) groups excluding carboxylic acids is 1. The normalized spacial score (nSPS) is 11.4.